The average molecular weight is 271 g/mol. The van der Waals surface area contributed by atoms with Crippen LogP contribution < -0.4 is 4.43 Å². The van der Waals surface area contributed by atoms with Crippen LogP contribution in [0, 0.1) is 0 Å². The molecule has 0 aliphatic heterocycles. The molecule has 1 aromatic carbocycles. The highest BCUT2D eigenvalue weighted by Crippen LogP contribution is 2.28. The Morgan fingerprint density at radius 2 is 1.74 bits per heavy atom. The lowest BCUT2D eigenvalue weighted by molar-refractivity contribution is 0.559. The van der Waals surface area contributed by atoms with E-state index in [-0.39, 0.29) is 0 Å². The number of hydrogen-bond acceptors (Lipinski definition) is 4. The Kier molecular flexibility index (Phi) is 4.06. The zero-order chi connectivity index (χ0) is 13.7. The minimum atomic E-state index is -1.64. The van der Waals surface area contributed by atoms with Crippen molar-refractivity contribution in [3.8, 4) is 5.75 Å². The van der Waals surface area contributed by atoms with Gasteiger partial charge in [0.25, 0.3) is 0 Å². The van der Waals surface area contributed by atoms with Crippen molar-refractivity contribution in [2.45, 2.75) is 19.6 Å². The fourth-order valence-electron chi connectivity index (χ4n) is 1.48. The molecule has 4 nitrogen and oxygen atoms in total. The van der Waals surface area contributed by atoms with Gasteiger partial charge in [-0.05, 0) is 37.8 Å². The van der Waals surface area contributed by atoms with Crippen LogP contribution in [-0.4, -0.2) is 24.5 Å². The monoisotopic (exact) mass is 271 g/mol. The summed E-state index contributed by atoms with van der Waals surface area (Å²) >= 11 is 0. The number of nitrogens with zero attached hydrogens (tertiary/aromatic N) is 3. The lowest BCUT2D eigenvalue weighted by Crippen LogP contribution is -2.29. The average Bonchev–Trinajstić information content (AvgIpc) is 2.37. The van der Waals surface area contributed by atoms with Gasteiger partial charge in [0.1, 0.15) is 11.4 Å². The van der Waals surface area contributed by atoms with Crippen molar-refractivity contribution in [1.82, 2.24) is 9.97 Å². The van der Waals surface area contributed by atoms with E-state index in [2.05, 4.69) is 34.6 Å². The standard InChI is InChI=1S/C14H17N3OSi/c1-19(2,3)18-13-8-5-4-7-12(13)17-11-14-15-9-6-10-16-14/h4-11H,1-3H3/b17-11+. The van der Waals surface area contributed by atoms with E-state index in [0.29, 0.717) is 5.82 Å². The lowest BCUT2D eigenvalue weighted by Gasteiger charge is -2.20. The molecule has 0 aliphatic rings. The molecule has 0 amide bonds. The molecule has 0 bridgehead atoms. The van der Waals surface area contributed by atoms with Gasteiger partial charge in [0.2, 0.25) is 8.32 Å². The third kappa shape index (κ3) is 4.29. The van der Waals surface area contributed by atoms with E-state index in [1.54, 1.807) is 24.7 Å². The minimum Gasteiger partial charge on any atom is -0.543 e. The molecule has 2 rings (SSSR count). The molecule has 0 radical (unpaired) electrons. The molecular formula is C14H17N3OSi. The molecule has 19 heavy (non-hydrogen) atoms. The van der Waals surface area contributed by atoms with Gasteiger partial charge in [-0.25, -0.2) is 15.0 Å². The van der Waals surface area contributed by atoms with Crippen molar-refractivity contribution in [2.24, 2.45) is 4.99 Å². The molecule has 0 aliphatic carbocycles. The highest BCUT2D eigenvalue weighted by Gasteiger charge is 2.17. The summed E-state index contributed by atoms with van der Waals surface area (Å²) in [5.74, 6) is 1.40. The number of benzene rings is 1. The first kappa shape index (κ1) is 13.4. The number of rotatable bonds is 4. The summed E-state index contributed by atoms with van der Waals surface area (Å²) in [6.07, 6.45) is 5.03. The maximum atomic E-state index is 6.01. The molecular weight excluding hydrogens is 254 g/mol. The Balaban J connectivity index is 2.23. The molecule has 5 heteroatoms. The van der Waals surface area contributed by atoms with Gasteiger partial charge in [0.15, 0.2) is 5.82 Å². The third-order valence-corrected chi connectivity index (χ3v) is 3.02. The van der Waals surface area contributed by atoms with Gasteiger partial charge in [0.05, 0.1) is 6.21 Å². The molecule has 0 saturated carbocycles. The summed E-state index contributed by atoms with van der Waals surface area (Å²) in [5.41, 5.74) is 0.803. The molecule has 0 saturated heterocycles. The number of para-hydroxylation sites is 2. The zero-order valence-electron chi connectivity index (χ0n) is 11.4. The Bertz CT molecular complexity index is 564. The number of aliphatic imine (C=N–C) groups is 1. The highest BCUT2D eigenvalue weighted by atomic mass is 28.4. The largest absolute Gasteiger partial charge is 0.543 e. The van der Waals surface area contributed by atoms with Gasteiger partial charge in [0, 0.05) is 12.4 Å². The summed E-state index contributed by atoms with van der Waals surface area (Å²) in [6, 6.07) is 9.54. The van der Waals surface area contributed by atoms with Crippen LogP contribution in [0.15, 0.2) is 47.7 Å². The molecule has 0 N–H and O–H groups in total. The molecule has 98 valence electrons. The van der Waals surface area contributed by atoms with Gasteiger partial charge < -0.3 is 4.43 Å². The first-order chi connectivity index (χ1) is 9.04. The van der Waals surface area contributed by atoms with Crippen molar-refractivity contribution >= 4 is 20.2 Å². The maximum Gasteiger partial charge on any atom is 0.242 e. The van der Waals surface area contributed by atoms with Crippen LogP contribution in [0.25, 0.3) is 0 Å². The second-order valence-corrected chi connectivity index (χ2v) is 9.48. The van der Waals surface area contributed by atoms with E-state index in [1.165, 1.54) is 0 Å². The van der Waals surface area contributed by atoms with Crippen LogP contribution in [0.5, 0.6) is 5.75 Å². The van der Waals surface area contributed by atoms with Gasteiger partial charge in [-0.15, -0.1) is 0 Å². The van der Waals surface area contributed by atoms with Crippen LogP contribution in [-0.2, 0) is 0 Å². The van der Waals surface area contributed by atoms with Gasteiger partial charge in [-0.2, -0.15) is 0 Å². The van der Waals surface area contributed by atoms with E-state index < -0.39 is 8.32 Å². The van der Waals surface area contributed by atoms with Gasteiger partial charge in [-0.1, -0.05) is 12.1 Å². The van der Waals surface area contributed by atoms with Crippen LogP contribution in [0.1, 0.15) is 5.82 Å². The Labute approximate surface area is 114 Å². The molecule has 1 heterocycles. The van der Waals surface area contributed by atoms with Crippen LogP contribution in [0.3, 0.4) is 0 Å². The van der Waals surface area contributed by atoms with Crippen LogP contribution in [0.2, 0.25) is 19.6 Å². The third-order valence-electron chi connectivity index (χ3n) is 2.19. The van der Waals surface area contributed by atoms with Crippen molar-refractivity contribution in [1.29, 1.82) is 0 Å². The number of hydrogen-bond donors (Lipinski definition) is 0. The Hall–Kier alpha value is -2.01. The zero-order valence-corrected chi connectivity index (χ0v) is 12.4. The topological polar surface area (TPSA) is 47.4 Å². The maximum absolute atomic E-state index is 6.01. The van der Waals surface area contributed by atoms with Gasteiger partial charge >= 0.3 is 0 Å². The summed E-state index contributed by atoms with van der Waals surface area (Å²) in [7, 11) is -1.64. The minimum absolute atomic E-state index is 0.588. The fraction of sp³-hybridized carbons (Fsp3) is 0.214. The van der Waals surface area contributed by atoms with Crippen LogP contribution >= 0.6 is 0 Å². The predicted octanol–water partition coefficient (Wildman–Crippen LogP) is 3.44. The fourth-order valence-corrected chi connectivity index (χ4v) is 2.32. The summed E-state index contributed by atoms with van der Waals surface area (Å²) in [6.45, 7) is 6.44. The Morgan fingerprint density at radius 3 is 2.42 bits per heavy atom. The normalized spacial score (nSPS) is 11.7. The molecule has 0 fully saturated rings. The lowest BCUT2D eigenvalue weighted by atomic mass is 10.3. The summed E-state index contributed by atoms with van der Waals surface area (Å²) in [4.78, 5) is 12.6. The van der Waals surface area contributed by atoms with E-state index in [9.17, 15) is 0 Å². The van der Waals surface area contributed by atoms with Crippen molar-refractivity contribution in [3.05, 3.63) is 48.5 Å². The second-order valence-electron chi connectivity index (χ2n) is 5.05. The van der Waals surface area contributed by atoms with Crippen LogP contribution in [0.4, 0.5) is 5.69 Å². The van der Waals surface area contributed by atoms with E-state index >= 15 is 0 Å². The predicted molar refractivity (Wildman–Crippen MR) is 79.7 cm³/mol. The van der Waals surface area contributed by atoms with Crippen molar-refractivity contribution < 1.29 is 4.43 Å². The quantitative estimate of drug-likeness (QED) is 0.632. The Morgan fingerprint density at radius 1 is 1.05 bits per heavy atom. The SMILES string of the molecule is C[Si](C)(C)Oc1ccccc1/N=C/c1ncccn1. The molecule has 0 atom stereocenters. The van der Waals surface area contributed by atoms with E-state index in [1.807, 2.05) is 24.3 Å². The van der Waals surface area contributed by atoms with E-state index in [4.69, 9.17) is 4.43 Å². The van der Waals surface area contributed by atoms with Crippen molar-refractivity contribution in [3.63, 3.8) is 0 Å². The van der Waals surface area contributed by atoms with Gasteiger partial charge in [-0.3, -0.25) is 0 Å². The first-order valence-electron chi connectivity index (χ1n) is 6.14. The van der Waals surface area contributed by atoms with Crippen molar-refractivity contribution in [2.75, 3.05) is 0 Å². The smallest absolute Gasteiger partial charge is 0.242 e. The highest BCUT2D eigenvalue weighted by molar-refractivity contribution is 6.70. The molecule has 0 spiro atoms. The van der Waals surface area contributed by atoms with E-state index in [0.717, 1.165) is 11.4 Å². The number of aromatic nitrogens is 2. The first-order valence-corrected chi connectivity index (χ1v) is 9.54. The summed E-state index contributed by atoms with van der Waals surface area (Å²) in [5, 5.41) is 0. The summed E-state index contributed by atoms with van der Waals surface area (Å²) < 4.78 is 6.01. The second kappa shape index (κ2) is 5.75. The molecule has 0 unspecified atom stereocenters. The molecule has 1 aromatic heterocycles. The molecule has 2 aromatic rings.